The lowest BCUT2D eigenvalue weighted by Crippen LogP contribution is -2.38. The Morgan fingerprint density at radius 3 is 2.19 bits per heavy atom. The molecular formula is C24H27N3O5. The Kier molecular flexibility index (Phi) is 6.30. The van der Waals surface area contributed by atoms with Crippen LogP contribution in [0, 0.1) is 6.92 Å². The molecule has 1 aliphatic heterocycles. The largest absolute Gasteiger partial charge is 0.493 e. The van der Waals surface area contributed by atoms with Crippen LogP contribution in [0.15, 0.2) is 40.9 Å². The van der Waals surface area contributed by atoms with E-state index in [-0.39, 0.29) is 11.8 Å². The average Bonchev–Trinajstić information content (AvgIpc) is 3.33. The average molecular weight is 437 g/mol. The van der Waals surface area contributed by atoms with Crippen LogP contribution in [0.2, 0.25) is 0 Å². The first-order chi connectivity index (χ1) is 15.5. The molecule has 1 fully saturated rings. The van der Waals surface area contributed by atoms with Gasteiger partial charge in [-0.05, 0) is 31.9 Å². The van der Waals surface area contributed by atoms with Crippen LogP contribution < -0.4 is 14.2 Å². The fraction of sp³-hybridized carbons (Fsp3) is 0.375. The molecule has 0 radical (unpaired) electrons. The first-order valence-corrected chi connectivity index (χ1v) is 10.5. The summed E-state index contributed by atoms with van der Waals surface area (Å²) in [4.78, 5) is 19.5. The number of benzene rings is 2. The molecule has 2 heterocycles. The highest BCUT2D eigenvalue weighted by atomic mass is 16.5. The maximum Gasteiger partial charge on any atom is 0.254 e. The molecule has 0 saturated carbocycles. The summed E-state index contributed by atoms with van der Waals surface area (Å²) in [5.74, 6) is 2.65. The third-order valence-electron chi connectivity index (χ3n) is 5.79. The molecule has 1 aliphatic rings. The van der Waals surface area contributed by atoms with Gasteiger partial charge in [0, 0.05) is 30.1 Å². The van der Waals surface area contributed by atoms with Crippen LogP contribution in [-0.2, 0) is 0 Å². The van der Waals surface area contributed by atoms with E-state index in [0.717, 1.165) is 18.4 Å². The molecule has 8 heteroatoms. The normalized spacial score (nSPS) is 14.3. The minimum atomic E-state index is -0.0754. The second-order valence-corrected chi connectivity index (χ2v) is 7.80. The number of likely N-dealkylation sites (tertiary alicyclic amines) is 1. The number of rotatable bonds is 6. The van der Waals surface area contributed by atoms with Gasteiger partial charge >= 0.3 is 0 Å². The highest BCUT2D eigenvalue weighted by Crippen LogP contribution is 2.39. The molecule has 0 aliphatic carbocycles. The summed E-state index contributed by atoms with van der Waals surface area (Å²) in [6.45, 7) is 3.24. The second-order valence-electron chi connectivity index (χ2n) is 7.80. The summed E-state index contributed by atoms with van der Waals surface area (Å²) in [7, 11) is 4.60. The van der Waals surface area contributed by atoms with E-state index in [9.17, 15) is 4.79 Å². The van der Waals surface area contributed by atoms with Gasteiger partial charge in [0.2, 0.25) is 17.5 Å². The van der Waals surface area contributed by atoms with Gasteiger partial charge in [-0.15, -0.1) is 0 Å². The third-order valence-corrected chi connectivity index (χ3v) is 5.79. The van der Waals surface area contributed by atoms with Crippen molar-refractivity contribution in [1.29, 1.82) is 0 Å². The lowest BCUT2D eigenvalue weighted by molar-refractivity contribution is 0.0703. The predicted octanol–water partition coefficient (Wildman–Crippen LogP) is 4.09. The standard InChI is InChI=1S/C24H27N3O5/c1-15-5-7-16(8-6-15)22-25-23(32-26-22)17-9-11-27(12-10-17)24(28)18-13-19(29-2)21(31-4)20(14-18)30-3/h5-8,13-14,17H,9-12H2,1-4H3. The van der Waals surface area contributed by atoms with Gasteiger partial charge in [0.05, 0.1) is 21.3 Å². The molecule has 0 bridgehead atoms. The van der Waals surface area contributed by atoms with Crippen LogP contribution in [0.1, 0.15) is 40.6 Å². The summed E-state index contributed by atoms with van der Waals surface area (Å²) < 4.78 is 21.6. The molecule has 0 N–H and O–H groups in total. The van der Waals surface area contributed by atoms with Gasteiger partial charge in [-0.3, -0.25) is 4.79 Å². The number of piperidine rings is 1. The van der Waals surface area contributed by atoms with Crippen molar-refractivity contribution in [3.63, 3.8) is 0 Å². The Bertz CT molecular complexity index is 1060. The molecule has 32 heavy (non-hydrogen) atoms. The Morgan fingerprint density at radius 2 is 1.62 bits per heavy atom. The number of carbonyl (C=O) groups excluding carboxylic acids is 1. The lowest BCUT2D eigenvalue weighted by atomic mass is 9.96. The molecule has 2 aromatic carbocycles. The van der Waals surface area contributed by atoms with Gasteiger partial charge in [-0.2, -0.15) is 4.98 Å². The Balaban J connectivity index is 1.44. The Labute approximate surface area is 187 Å². The lowest BCUT2D eigenvalue weighted by Gasteiger charge is -2.30. The van der Waals surface area contributed by atoms with Gasteiger partial charge in [0.15, 0.2) is 11.5 Å². The van der Waals surface area contributed by atoms with E-state index >= 15 is 0 Å². The summed E-state index contributed by atoms with van der Waals surface area (Å²) in [5.41, 5.74) is 2.61. The zero-order chi connectivity index (χ0) is 22.7. The second kappa shape index (κ2) is 9.30. The zero-order valence-corrected chi connectivity index (χ0v) is 18.8. The van der Waals surface area contributed by atoms with Crippen LogP contribution in [0.25, 0.3) is 11.4 Å². The number of carbonyl (C=O) groups is 1. The SMILES string of the molecule is COc1cc(C(=O)N2CCC(c3nc(-c4ccc(C)cc4)no3)CC2)cc(OC)c1OC. The van der Waals surface area contributed by atoms with Crippen LogP contribution in [-0.4, -0.2) is 55.4 Å². The molecule has 168 valence electrons. The van der Waals surface area contributed by atoms with E-state index in [1.165, 1.54) is 26.9 Å². The number of ether oxygens (including phenoxy) is 3. The predicted molar refractivity (Wildman–Crippen MR) is 118 cm³/mol. The number of aromatic nitrogens is 2. The molecule has 8 nitrogen and oxygen atoms in total. The highest BCUT2D eigenvalue weighted by Gasteiger charge is 2.29. The van der Waals surface area contributed by atoms with Gasteiger partial charge in [0.1, 0.15) is 0 Å². The quantitative estimate of drug-likeness (QED) is 0.574. The maximum atomic E-state index is 13.1. The molecule has 1 aromatic heterocycles. The van der Waals surface area contributed by atoms with Gasteiger partial charge in [0.25, 0.3) is 5.91 Å². The van der Waals surface area contributed by atoms with Crippen molar-refractivity contribution in [3.8, 4) is 28.6 Å². The minimum Gasteiger partial charge on any atom is -0.493 e. The van der Waals surface area contributed by atoms with E-state index in [2.05, 4.69) is 10.1 Å². The van der Waals surface area contributed by atoms with Crippen molar-refractivity contribution in [1.82, 2.24) is 15.0 Å². The summed E-state index contributed by atoms with van der Waals surface area (Å²) in [5, 5.41) is 4.14. The van der Waals surface area contributed by atoms with Crippen molar-refractivity contribution in [2.24, 2.45) is 0 Å². The summed E-state index contributed by atoms with van der Waals surface area (Å²) in [6, 6.07) is 11.4. The first-order valence-electron chi connectivity index (χ1n) is 10.5. The van der Waals surface area contributed by atoms with Crippen LogP contribution >= 0.6 is 0 Å². The van der Waals surface area contributed by atoms with Crippen LogP contribution in [0.5, 0.6) is 17.2 Å². The monoisotopic (exact) mass is 437 g/mol. The summed E-state index contributed by atoms with van der Waals surface area (Å²) >= 11 is 0. The number of methoxy groups -OCH3 is 3. The Morgan fingerprint density at radius 1 is 1.00 bits per heavy atom. The molecular weight excluding hydrogens is 410 g/mol. The molecule has 0 unspecified atom stereocenters. The maximum absolute atomic E-state index is 13.1. The number of hydrogen-bond acceptors (Lipinski definition) is 7. The number of aryl methyl sites for hydroxylation is 1. The molecule has 4 rings (SSSR count). The number of hydrogen-bond donors (Lipinski definition) is 0. The van der Waals surface area contributed by atoms with Gasteiger partial charge in [-0.25, -0.2) is 0 Å². The van der Waals surface area contributed by atoms with E-state index < -0.39 is 0 Å². The molecule has 1 saturated heterocycles. The first kappa shape index (κ1) is 21.7. The number of nitrogens with zero attached hydrogens (tertiary/aromatic N) is 3. The van der Waals surface area contributed by atoms with E-state index in [1.807, 2.05) is 36.1 Å². The molecule has 0 atom stereocenters. The van der Waals surface area contributed by atoms with E-state index in [4.69, 9.17) is 18.7 Å². The zero-order valence-electron chi connectivity index (χ0n) is 18.8. The molecule has 0 spiro atoms. The van der Waals surface area contributed by atoms with Crippen molar-refractivity contribution >= 4 is 5.91 Å². The Hall–Kier alpha value is -3.55. The van der Waals surface area contributed by atoms with Crippen molar-refractivity contribution < 1.29 is 23.5 Å². The van der Waals surface area contributed by atoms with Crippen molar-refractivity contribution in [2.45, 2.75) is 25.7 Å². The van der Waals surface area contributed by atoms with Crippen LogP contribution in [0.3, 0.4) is 0 Å². The number of amides is 1. The van der Waals surface area contributed by atoms with Crippen molar-refractivity contribution in [2.75, 3.05) is 34.4 Å². The minimum absolute atomic E-state index is 0.0754. The smallest absolute Gasteiger partial charge is 0.254 e. The fourth-order valence-electron chi connectivity index (χ4n) is 3.94. The summed E-state index contributed by atoms with van der Waals surface area (Å²) in [6.07, 6.45) is 1.51. The molecule has 1 amide bonds. The third kappa shape index (κ3) is 4.26. The van der Waals surface area contributed by atoms with Crippen molar-refractivity contribution in [3.05, 3.63) is 53.4 Å². The van der Waals surface area contributed by atoms with Crippen LogP contribution in [0.4, 0.5) is 0 Å². The fourth-order valence-corrected chi connectivity index (χ4v) is 3.94. The van der Waals surface area contributed by atoms with E-state index in [0.29, 0.717) is 47.6 Å². The van der Waals surface area contributed by atoms with Gasteiger partial charge < -0.3 is 23.6 Å². The van der Waals surface area contributed by atoms with Gasteiger partial charge in [-0.1, -0.05) is 35.0 Å². The van der Waals surface area contributed by atoms with E-state index in [1.54, 1.807) is 12.1 Å². The highest BCUT2D eigenvalue weighted by molar-refractivity contribution is 5.95. The molecule has 3 aromatic rings. The topological polar surface area (TPSA) is 86.9 Å².